The number of halogens is 1. The highest BCUT2D eigenvalue weighted by Gasteiger charge is 2.15. The van der Waals surface area contributed by atoms with Gasteiger partial charge in [0.2, 0.25) is 0 Å². The second kappa shape index (κ2) is 8.73. The number of carbonyl (C=O) groups excluding carboxylic acids is 1. The molecule has 0 spiro atoms. The Kier molecular flexibility index (Phi) is 6.14. The molecular weight excluding hydrogens is 362 g/mol. The van der Waals surface area contributed by atoms with E-state index in [1.54, 1.807) is 13.1 Å². The summed E-state index contributed by atoms with van der Waals surface area (Å²) in [6, 6.07) is 15.6. The normalized spacial score (nSPS) is 11.2. The largest absolute Gasteiger partial charge is 0.465 e. The lowest BCUT2D eigenvalue weighted by molar-refractivity contribution is -0.143. The number of esters is 1. The van der Waals surface area contributed by atoms with Gasteiger partial charge in [-0.3, -0.25) is 4.79 Å². The third-order valence-corrected chi connectivity index (χ3v) is 4.75. The summed E-state index contributed by atoms with van der Waals surface area (Å²) in [5, 5.41) is 6.11. The maximum Gasteiger partial charge on any atom is 0.325 e. The molecule has 3 rings (SSSR count). The molecule has 0 unspecified atom stereocenters. The van der Waals surface area contributed by atoms with Crippen molar-refractivity contribution in [3.8, 4) is 0 Å². The van der Waals surface area contributed by atoms with Crippen molar-refractivity contribution < 1.29 is 9.53 Å². The van der Waals surface area contributed by atoms with Crippen LogP contribution in [0.2, 0.25) is 5.02 Å². The van der Waals surface area contributed by atoms with Crippen LogP contribution in [0.25, 0.3) is 10.9 Å². The number of nitrogens with zero attached hydrogens (tertiary/aromatic N) is 2. The Hall–Kier alpha value is -2.79. The predicted octanol–water partition coefficient (Wildman–Crippen LogP) is 4.29. The van der Waals surface area contributed by atoms with E-state index in [-0.39, 0.29) is 12.5 Å². The van der Waals surface area contributed by atoms with Gasteiger partial charge in [0.05, 0.1) is 19.4 Å². The van der Waals surface area contributed by atoms with Crippen molar-refractivity contribution in [3.05, 3.63) is 70.4 Å². The van der Waals surface area contributed by atoms with Crippen molar-refractivity contribution >= 4 is 34.7 Å². The Labute approximate surface area is 163 Å². The van der Waals surface area contributed by atoms with Gasteiger partial charge in [-0.25, -0.2) is 0 Å². The molecule has 0 aliphatic carbocycles. The lowest BCUT2D eigenvalue weighted by Crippen LogP contribution is -2.14. The molecule has 0 radical (unpaired) electrons. The first-order valence-electron chi connectivity index (χ1n) is 8.84. The molecule has 0 aliphatic heterocycles. The molecule has 3 aromatic rings. The molecule has 1 heterocycles. The van der Waals surface area contributed by atoms with Gasteiger partial charge in [0.15, 0.2) is 0 Å². The first kappa shape index (κ1) is 19.0. The second-order valence-corrected chi connectivity index (χ2v) is 6.50. The summed E-state index contributed by atoms with van der Waals surface area (Å²) < 4.78 is 7.06. The van der Waals surface area contributed by atoms with E-state index in [2.05, 4.69) is 10.5 Å². The summed E-state index contributed by atoms with van der Waals surface area (Å²) in [7, 11) is 0. The van der Waals surface area contributed by atoms with E-state index in [1.165, 1.54) is 0 Å². The molecule has 6 heteroatoms. The molecule has 2 aromatic carbocycles. The summed E-state index contributed by atoms with van der Waals surface area (Å²) in [4.78, 5) is 12.0. The maximum atomic E-state index is 12.0. The third-order valence-electron chi connectivity index (χ3n) is 4.38. The topological polar surface area (TPSA) is 55.6 Å². The fourth-order valence-electron chi connectivity index (χ4n) is 3.04. The summed E-state index contributed by atoms with van der Waals surface area (Å²) in [5.74, 6) is -0.248. The van der Waals surface area contributed by atoms with Crippen molar-refractivity contribution in [1.82, 2.24) is 9.99 Å². The average Bonchev–Trinajstić information content (AvgIpc) is 2.92. The molecule has 140 valence electrons. The smallest absolute Gasteiger partial charge is 0.325 e. The van der Waals surface area contributed by atoms with Crippen molar-refractivity contribution in [2.75, 3.05) is 6.61 Å². The van der Waals surface area contributed by atoms with Crippen LogP contribution in [-0.2, 0) is 22.6 Å². The highest BCUT2D eigenvalue weighted by molar-refractivity contribution is 6.31. The Bertz CT molecular complexity index is 979. The number of hydrogen-bond donors (Lipinski definition) is 1. The van der Waals surface area contributed by atoms with E-state index in [1.807, 2.05) is 60.0 Å². The summed E-state index contributed by atoms with van der Waals surface area (Å²) >= 11 is 6.16. The zero-order valence-corrected chi connectivity index (χ0v) is 16.2. The van der Waals surface area contributed by atoms with Crippen LogP contribution >= 0.6 is 11.6 Å². The molecule has 0 saturated heterocycles. The minimum atomic E-state index is -0.248. The first-order chi connectivity index (χ1) is 13.1. The van der Waals surface area contributed by atoms with Crippen molar-refractivity contribution in [2.24, 2.45) is 5.10 Å². The monoisotopic (exact) mass is 383 g/mol. The van der Waals surface area contributed by atoms with Crippen LogP contribution in [-0.4, -0.2) is 23.4 Å². The number of rotatable bonds is 7. The van der Waals surface area contributed by atoms with Gasteiger partial charge in [-0.1, -0.05) is 48.0 Å². The molecule has 0 saturated carbocycles. The fraction of sp³-hybridized carbons (Fsp3) is 0.238. The molecule has 1 aromatic heterocycles. The van der Waals surface area contributed by atoms with Crippen LogP contribution in [0.5, 0.6) is 0 Å². The minimum absolute atomic E-state index is 0.182. The van der Waals surface area contributed by atoms with Crippen molar-refractivity contribution in [2.45, 2.75) is 26.9 Å². The Morgan fingerprint density at radius 1 is 1.22 bits per heavy atom. The van der Waals surface area contributed by atoms with Gasteiger partial charge in [-0.15, -0.1) is 0 Å². The summed E-state index contributed by atoms with van der Waals surface area (Å²) in [5.41, 5.74) is 6.94. The summed E-state index contributed by atoms with van der Waals surface area (Å²) in [6.07, 6.45) is 1.79. The van der Waals surface area contributed by atoms with Gasteiger partial charge in [0.1, 0.15) is 6.54 Å². The number of hydrogen-bond acceptors (Lipinski definition) is 4. The zero-order valence-electron chi connectivity index (χ0n) is 15.4. The Morgan fingerprint density at radius 2 is 1.96 bits per heavy atom. The number of nitrogens with one attached hydrogen (secondary N) is 1. The minimum Gasteiger partial charge on any atom is -0.465 e. The fourth-order valence-corrected chi connectivity index (χ4v) is 3.25. The van der Waals surface area contributed by atoms with Gasteiger partial charge in [0, 0.05) is 27.2 Å². The van der Waals surface area contributed by atoms with Gasteiger partial charge >= 0.3 is 5.97 Å². The molecule has 0 fully saturated rings. The van der Waals surface area contributed by atoms with Gasteiger partial charge in [-0.2, -0.15) is 5.10 Å². The molecule has 27 heavy (non-hydrogen) atoms. The Balaban J connectivity index is 1.82. The highest BCUT2D eigenvalue weighted by Crippen LogP contribution is 2.24. The van der Waals surface area contributed by atoms with E-state index >= 15 is 0 Å². The van der Waals surface area contributed by atoms with Crippen LogP contribution in [0.3, 0.4) is 0 Å². The van der Waals surface area contributed by atoms with Gasteiger partial charge in [0.25, 0.3) is 0 Å². The van der Waals surface area contributed by atoms with E-state index in [0.29, 0.717) is 18.2 Å². The van der Waals surface area contributed by atoms with E-state index in [4.69, 9.17) is 16.3 Å². The molecule has 0 bridgehead atoms. The van der Waals surface area contributed by atoms with Crippen molar-refractivity contribution in [1.29, 1.82) is 0 Å². The molecular formula is C21H22ClN3O2. The van der Waals surface area contributed by atoms with Crippen LogP contribution < -0.4 is 5.43 Å². The lowest BCUT2D eigenvalue weighted by atomic mass is 10.1. The van der Waals surface area contributed by atoms with Crippen LogP contribution in [0.1, 0.15) is 23.7 Å². The number of fused-ring (bicyclic) bond motifs is 1. The average molecular weight is 384 g/mol. The number of ether oxygens (including phenoxy) is 1. The first-order valence-corrected chi connectivity index (χ1v) is 9.22. The zero-order chi connectivity index (χ0) is 19.2. The number of aromatic nitrogens is 1. The lowest BCUT2D eigenvalue weighted by Gasteiger charge is -2.07. The van der Waals surface area contributed by atoms with Crippen LogP contribution in [0.15, 0.2) is 53.6 Å². The van der Waals surface area contributed by atoms with Crippen LogP contribution in [0.4, 0.5) is 0 Å². The maximum absolute atomic E-state index is 12.0. The standard InChI is InChI=1S/C21H22ClN3O2/c1-3-27-21(26)14-25-15(2)18(17-9-5-7-11-20(17)25)13-24-23-12-16-8-4-6-10-19(16)22/h4-11,13,23H,3,12,14H2,1-2H3/b24-13-. The van der Waals surface area contributed by atoms with E-state index < -0.39 is 0 Å². The molecule has 1 N–H and O–H groups in total. The Morgan fingerprint density at radius 3 is 2.74 bits per heavy atom. The van der Waals surface area contributed by atoms with E-state index in [9.17, 15) is 4.79 Å². The SMILES string of the molecule is CCOC(=O)Cn1c(C)c(/C=N\NCc2ccccc2Cl)c2ccccc21. The quantitative estimate of drug-likeness (QED) is 0.376. The van der Waals surface area contributed by atoms with Crippen LogP contribution in [0, 0.1) is 6.92 Å². The number of hydrazone groups is 1. The van der Waals surface area contributed by atoms with Crippen molar-refractivity contribution in [3.63, 3.8) is 0 Å². The molecule has 0 atom stereocenters. The third kappa shape index (κ3) is 4.31. The molecule has 5 nitrogen and oxygen atoms in total. The van der Waals surface area contributed by atoms with Gasteiger partial charge in [-0.05, 0) is 31.5 Å². The van der Waals surface area contributed by atoms with E-state index in [0.717, 1.165) is 27.7 Å². The number of para-hydroxylation sites is 1. The van der Waals surface area contributed by atoms with Gasteiger partial charge < -0.3 is 14.7 Å². The predicted molar refractivity (Wildman–Crippen MR) is 109 cm³/mol. The molecule has 0 amide bonds. The molecule has 0 aliphatic rings. The number of benzene rings is 2. The second-order valence-electron chi connectivity index (χ2n) is 6.09. The highest BCUT2D eigenvalue weighted by atomic mass is 35.5. The summed E-state index contributed by atoms with van der Waals surface area (Å²) in [6.45, 7) is 4.88. The number of carbonyl (C=O) groups is 1.